The van der Waals surface area contributed by atoms with Crippen LogP contribution in [0.3, 0.4) is 0 Å². The predicted octanol–water partition coefficient (Wildman–Crippen LogP) is 3.48. The molecule has 0 heterocycles. The minimum atomic E-state index is 0.712. The van der Waals surface area contributed by atoms with Gasteiger partial charge in [0, 0.05) is 7.11 Å². The number of benzene rings is 1. The largest absolute Gasteiger partial charge is 0.492 e. The first-order valence-corrected chi connectivity index (χ1v) is 6.94. The maximum absolute atomic E-state index is 5.58. The molecule has 0 aliphatic heterocycles. The summed E-state index contributed by atoms with van der Waals surface area (Å²) in [6, 6.07) is 4.32. The van der Waals surface area contributed by atoms with Crippen LogP contribution in [-0.2, 0) is 11.2 Å². The molecule has 0 saturated carbocycles. The van der Waals surface area contributed by atoms with Crippen molar-refractivity contribution in [3.63, 3.8) is 0 Å². The molecular formula is C11H14I2O2. The summed E-state index contributed by atoms with van der Waals surface area (Å²) >= 11 is 4.63. The minimum Gasteiger partial charge on any atom is -0.492 e. The van der Waals surface area contributed by atoms with Crippen LogP contribution in [0, 0.1) is 7.14 Å². The van der Waals surface area contributed by atoms with Crippen LogP contribution >= 0.6 is 45.2 Å². The van der Waals surface area contributed by atoms with Crippen LogP contribution in [0.1, 0.15) is 12.5 Å². The van der Waals surface area contributed by atoms with Crippen molar-refractivity contribution in [3.8, 4) is 5.75 Å². The van der Waals surface area contributed by atoms with Gasteiger partial charge in [-0.1, -0.05) is 0 Å². The smallest absolute Gasteiger partial charge is 0.145 e. The predicted molar refractivity (Wildman–Crippen MR) is 78.6 cm³/mol. The van der Waals surface area contributed by atoms with Crippen LogP contribution in [0.25, 0.3) is 0 Å². The zero-order chi connectivity index (χ0) is 11.3. The topological polar surface area (TPSA) is 18.5 Å². The molecule has 2 nitrogen and oxygen atoms in total. The lowest BCUT2D eigenvalue weighted by Gasteiger charge is -2.10. The molecule has 0 aliphatic rings. The molecule has 0 fully saturated rings. The average molecular weight is 432 g/mol. The van der Waals surface area contributed by atoms with Gasteiger partial charge in [-0.05, 0) is 76.2 Å². The Morgan fingerprint density at radius 2 is 1.80 bits per heavy atom. The molecule has 4 heteroatoms. The van der Waals surface area contributed by atoms with E-state index in [2.05, 4.69) is 57.3 Å². The fraction of sp³-hybridized carbons (Fsp3) is 0.455. The van der Waals surface area contributed by atoms with Crippen LogP contribution in [0.5, 0.6) is 5.75 Å². The number of hydrogen-bond acceptors (Lipinski definition) is 2. The maximum Gasteiger partial charge on any atom is 0.145 e. The lowest BCUT2D eigenvalue weighted by molar-refractivity contribution is 0.202. The lowest BCUT2D eigenvalue weighted by Crippen LogP contribution is -2.00. The van der Waals surface area contributed by atoms with E-state index in [-0.39, 0.29) is 0 Å². The Bertz CT molecular complexity index is 303. The summed E-state index contributed by atoms with van der Waals surface area (Å²) in [6.07, 6.45) is 0.953. The van der Waals surface area contributed by atoms with Gasteiger partial charge in [0.2, 0.25) is 0 Å². The average Bonchev–Trinajstić information content (AvgIpc) is 2.20. The highest BCUT2D eigenvalue weighted by Gasteiger charge is 2.07. The summed E-state index contributed by atoms with van der Waals surface area (Å²) < 4.78 is 13.0. The zero-order valence-electron chi connectivity index (χ0n) is 8.85. The van der Waals surface area contributed by atoms with E-state index in [4.69, 9.17) is 9.47 Å². The fourth-order valence-electron chi connectivity index (χ4n) is 1.26. The van der Waals surface area contributed by atoms with Gasteiger partial charge in [0.1, 0.15) is 5.75 Å². The number of halogens is 2. The van der Waals surface area contributed by atoms with Crippen molar-refractivity contribution in [1.82, 2.24) is 0 Å². The van der Waals surface area contributed by atoms with Crippen molar-refractivity contribution in [2.24, 2.45) is 0 Å². The molecule has 0 unspecified atom stereocenters. The molecular weight excluding hydrogens is 418 g/mol. The van der Waals surface area contributed by atoms with Gasteiger partial charge in [-0.2, -0.15) is 0 Å². The second-order valence-corrected chi connectivity index (χ2v) is 5.39. The van der Waals surface area contributed by atoms with Crippen molar-refractivity contribution in [2.75, 3.05) is 20.3 Å². The van der Waals surface area contributed by atoms with Gasteiger partial charge in [0.25, 0.3) is 0 Å². The van der Waals surface area contributed by atoms with Crippen molar-refractivity contribution in [2.45, 2.75) is 13.3 Å². The molecule has 15 heavy (non-hydrogen) atoms. The first-order valence-electron chi connectivity index (χ1n) is 4.78. The molecule has 0 N–H and O–H groups in total. The second kappa shape index (κ2) is 6.90. The molecule has 0 aromatic heterocycles. The highest BCUT2D eigenvalue weighted by atomic mass is 127. The Hall–Kier alpha value is 0.440. The standard InChI is InChI=1S/C11H14I2O2/c1-3-15-11-9(12)6-8(4-5-14-2)7-10(11)13/h6-7H,3-5H2,1-2H3. The number of hydrogen-bond donors (Lipinski definition) is 0. The third-order valence-electron chi connectivity index (χ3n) is 1.94. The van der Waals surface area contributed by atoms with E-state index in [9.17, 15) is 0 Å². The SMILES string of the molecule is CCOc1c(I)cc(CCOC)cc1I. The summed E-state index contributed by atoms with van der Waals surface area (Å²) in [6.45, 7) is 3.48. The molecule has 1 rings (SSSR count). The van der Waals surface area contributed by atoms with Crippen molar-refractivity contribution in [3.05, 3.63) is 24.8 Å². The Balaban J connectivity index is 2.87. The first kappa shape index (κ1) is 13.5. The van der Waals surface area contributed by atoms with E-state index in [1.807, 2.05) is 6.92 Å². The van der Waals surface area contributed by atoms with E-state index in [0.29, 0.717) is 6.61 Å². The quantitative estimate of drug-likeness (QED) is 0.664. The van der Waals surface area contributed by atoms with E-state index in [0.717, 1.165) is 18.8 Å². The van der Waals surface area contributed by atoms with Gasteiger partial charge >= 0.3 is 0 Å². The Morgan fingerprint density at radius 1 is 1.20 bits per heavy atom. The Morgan fingerprint density at radius 3 is 2.27 bits per heavy atom. The first-order chi connectivity index (χ1) is 7.19. The highest BCUT2D eigenvalue weighted by molar-refractivity contribution is 14.1. The molecule has 0 saturated heterocycles. The summed E-state index contributed by atoms with van der Waals surface area (Å²) in [5, 5.41) is 0. The van der Waals surface area contributed by atoms with Crippen LogP contribution in [0.4, 0.5) is 0 Å². The molecule has 0 atom stereocenters. The minimum absolute atomic E-state index is 0.712. The van der Waals surface area contributed by atoms with Gasteiger partial charge in [-0.25, -0.2) is 0 Å². The van der Waals surface area contributed by atoms with Crippen LogP contribution in [-0.4, -0.2) is 20.3 Å². The molecule has 0 radical (unpaired) electrons. The molecule has 1 aromatic rings. The second-order valence-electron chi connectivity index (χ2n) is 3.06. The maximum atomic E-state index is 5.58. The van der Waals surface area contributed by atoms with Crippen LogP contribution in [0.2, 0.25) is 0 Å². The molecule has 0 aliphatic carbocycles. The number of ether oxygens (including phenoxy) is 2. The van der Waals surface area contributed by atoms with E-state index >= 15 is 0 Å². The third-order valence-corrected chi connectivity index (χ3v) is 3.54. The van der Waals surface area contributed by atoms with Crippen LogP contribution in [0.15, 0.2) is 12.1 Å². The molecule has 0 bridgehead atoms. The van der Waals surface area contributed by atoms with E-state index in [1.54, 1.807) is 7.11 Å². The Labute approximate surface area is 118 Å². The van der Waals surface area contributed by atoms with Gasteiger partial charge in [0.05, 0.1) is 20.4 Å². The number of methoxy groups -OCH3 is 1. The van der Waals surface area contributed by atoms with E-state index in [1.165, 1.54) is 12.7 Å². The summed E-state index contributed by atoms with van der Waals surface area (Å²) in [5.74, 6) is 1.000. The Kier molecular flexibility index (Phi) is 6.21. The lowest BCUT2D eigenvalue weighted by atomic mass is 10.1. The fourth-order valence-corrected chi connectivity index (χ4v) is 3.47. The molecule has 0 spiro atoms. The zero-order valence-corrected chi connectivity index (χ0v) is 13.2. The van der Waals surface area contributed by atoms with Crippen LogP contribution < -0.4 is 4.74 Å². The molecule has 84 valence electrons. The monoisotopic (exact) mass is 432 g/mol. The molecule has 1 aromatic carbocycles. The third kappa shape index (κ3) is 4.07. The summed E-state index contributed by atoms with van der Waals surface area (Å²) in [5.41, 5.74) is 1.30. The van der Waals surface area contributed by atoms with Crippen molar-refractivity contribution in [1.29, 1.82) is 0 Å². The highest BCUT2D eigenvalue weighted by Crippen LogP contribution is 2.29. The van der Waals surface area contributed by atoms with Crippen molar-refractivity contribution < 1.29 is 9.47 Å². The van der Waals surface area contributed by atoms with Gasteiger partial charge in [-0.3, -0.25) is 0 Å². The normalized spacial score (nSPS) is 10.4. The van der Waals surface area contributed by atoms with Gasteiger partial charge < -0.3 is 9.47 Å². The van der Waals surface area contributed by atoms with Gasteiger partial charge in [-0.15, -0.1) is 0 Å². The molecule has 0 amide bonds. The van der Waals surface area contributed by atoms with Gasteiger partial charge in [0.15, 0.2) is 0 Å². The number of rotatable bonds is 5. The summed E-state index contributed by atoms with van der Waals surface area (Å²) in [4.78, 5) is 0. The van der Waals surface area contributed by atoms with E-state index < -0.39 is 0 Å². The van der Waals surface area contributed by atoms with Crippen molar-refractivity contribution >= 4 is 45.2 Å². The summed E-state index contributed by atoms with van der Waals surface area (Å²) in [7, 11) is 1.73.